The molecule has 0 aromatic carbocycles. The molecule has 1 rings (SSSR count). The minimum Gasteiger partial charge on any atom is -0.855 e. The van der Waals surface area contributed by atoms with Gasteiger partial charge in [0.15, 0.2) is 0 Å². The molecule has 1 fully saturated rings. The Morgan fingerprint density at radius 1 is 0.895 bits per heavy atom. The summed E-state index contributed by atoms with van der Waals surface area (Å²) >= 11 is 0. The predicted molar refractivity (Wildman–Crippen MR) is 81.2 cm³/mol. The zero-order valence-corrected chi connectivity index (χ0v) is 16.3. The molecule has 0 bridgehead atoms. The zero-order valence-electron chi connectivity index (χ0n) is 13.4. The largest absolute Gasteiger partial charge is 2.00 e. The normalized spacial score (nSPS) is 15.5. The van der Waals surface area contributed by atoms with Crippen LogP contribution in [0.15, 0.2) is 0 Å². The average Bonchev–Trinajstić information content (AvgIpc) is 2.92. The van der Waals surface area contributed by atoms with Crippen LogP contribution in [-0.2, 0) is 0 Å². The molecule has 0 N–H and O–H groups in total. The SMILES string of the molecule is CCCC.CCCC.[O-]CC([O-])CN1CCCC1.[Sn+2]. The molecule has 0 amide bonds. The van der Waals surface area contributed by atoms with E-state index in [0.717, 1.165) is 13.1 Å². The zero-order chi connectivity index (χ0) is 14.2. The molecule has 1 aliphatic heterocycles. The molecule has 114 valence electrons. The molecule has 0 aromatic heterocycles. The molecule has 0 saturated carbocycles. The number of nitrogens with zero attached hydrogens (tertiary/aromatic N) is 1. The Morgan fingerprint density at radius 3 is 1.53 bits per heavy atom. The Labute approximate surface area is 137 Å². The van der Waals surface area contributed by atoms with Crippen LogP contribution in [0.3, 0.4) is 0 Å². The topological polar surface area (TPSA) is 49.4 Å². The molecule has 1 saturated heterocycles. The summed E-state index contributed by atoms with van der Waals surface area (Å²) < 4.78 is 0. The van der Waals surface area contributed by atoms with Crippen molar-refractivity contribution in [3.8, 4) is 0 Å². The second-order valence-electron chi connectivity index (χ2n) is 4.80. The molecule has 2 radical (unpaired) electrons. The van der Waals surface area contributed by atoms with Crippen molar-refractivity contribution in [2.24, 2.45) is 0 Å². The van der Waals surface area contributed by atoms with E-state index >= 15 is 0 Å². The maximum Gasteiger partial charge on any atom is 2.00 e. The van der Waals surface area contributed by atoms with E-state index in [1.165, 1.54) is 38.5 Å². The van der Waals surface area contributed by atoms with Crippen molar-refractivity contribution in [2.45, 2.75) is 72.3 Å². The van der Waals surface area contributed by atoms with Crippen LogP contribution in [0.25, 0.3) is 0 Å². The van der Waals surface area contributed by atoms with Crippen LogP contribution < -0.4 is 10.2 Å². The van der Waals surface area contributed by atoms with Gasteiger partial charge < -0.3 is 15.1 Å². The quantitative estimate of drug-likeness (QED) is 0.680. The van der Waals surface area contributed by atoms with Crippen molar-refractivity contribution in [2.75, 3.05) is 26.2 Å². The molecule has 4 heteroatoms. The number of rotatable bonds is 5. The fraction of sp³-hybridized carbons (Fsp3) is 1.00. The van der Waals surface area contributed by atoms with Crippen LogP contribution >= 0.6 is 0 Å². The van der Waals surface area contributed by atoms with Crippen LogP contribution in [0.4, 0.5) is 0 Å². The third-order valence-corrected chi connectivity index (χ3v) is 2.85. The molecular formula is C15H33NO2Sn. The van der Waals surface area contributed by atoms with E-state index in [1.807, 2.05) is 0 Å². The summed E-state index contributed by atoms with van der Waals surface area (Å²) in [5.74, 6) is 0. The monoisotopic (exact) mass is 379 g/mol. The van der Waals surface area contributed by atoms with E-state index in [-0.39, 0.29) is 23.9 Å². The minimum atomic E-state index is -0.905. The first-order chi connectivity index (χ1) is 8.65. The van der Waals surface area contributed by atoms with Gasteiger partial charge in [-0.25, -0.2) is 0 Å². The van der Waals surface area contributed by atoms with Crippen LogP contribution in [0.2, 0.25) is 0 Å². The van der Waals surface area contributed by atoms with E-state index in [9.17, 15) is 10.2 Å². The van der Waals surface area contributed by atoms with Crippen LogP contribution in [0.1, 0.15) is 66.2 Å². The summed E-state index contributed by atoms with van der Waals surface area (Å²) in [6.45, 7) is 10.7. The Hall–Kier alpha value is 0.679. The van der Waals surface area contributed by atoms with Crippen molar-refractivity contribution in [3.63, 3.8) is 0 Å². The first-order valence-corrected chi connectivity index (χ1v) is 7.62. The fourth-order valence-electron chi connectivity index (χ4n) is 1.31. The molecule has 3 nitrogen and oxygen atoms in total. The Morgan fingerprint density at radius 2 is 1.26 bits per heavy atom. The molecule has 0 aliphatic carbocycles. The summed E-state index contributed by atoms with van der Waals surface area (Å²) in [6.07, 6.45) is 6.75. The summed E-state index contributed by atoms with van der Waals surface area (Å²) in [4.78, 5) is 2.08. The van der Waals surface area contributed by atoms with Gasteiger partial charge in [-0.05, 0) is 32.5 Å². The van der Waals surface area contributed by atoms with Gasteiger partial charge in [-0.3, -0.25) is 0 Å². The predicted octanol–water partition coefficient (Wildman–Crippen LogP) is 1.40. The number of unbranched alkanes of at least 4 members (excludes halogenated alkanes) is 2. The van der Waals surface area contributed by atoms with Crippen LogP contribution in [0, 0.1) is 0 Å². The Kier molecular flexibility index (Phi) is 27.3. The Balaban J connectivity index is -0.000000242. The minimum absolute atomic E-state index is 0. The number of hydrogen-bond donors (Lipinski definition) is 0. The molecule has 1 heterocycles. The third-order valence-electron chi connectivity index (χ3n) is 2.85. The first kappa shape index (κ1) is 24.7. The number of likely N-dealkylation sites (tertiary alicyclic amines) is 1. The van der Waals surface area contributed by atoms with Crippen molar-refractivity contribution in [3.05, 3.63) is 0 Å². The van der Waals surface area contributed by atoms with Gasteiger partial charge in [-0.1, -0.05) is 53.4 Å². The molecule has 1 atom stereocenters. The van der Waals surface area contributed by atoms with Gasteiger partial charge in [0.2, 0.25) is 0 Å². The van der Waals surface area contributed by atoms with E-state index < -0.39 is 12.7 Å². The maximum atomic E-state index is 10.7. The molecule has 19 heavy (non-hydrogen) atoms. The molecule has 0 aromatic rings. The summed E-state index contributed by atoms with van der Waals surface area (Å²) in [6, 6.07) is 0. The second-order valence-corrected chi connectivity index (χ2v) is 4.80. The summed E-state index contributed by atoms with van der Waals surface area (Å²) in [7, 11) is 0. The molecule has 1 aliphatic rings. The molecule has 0 spiro atoms. The second kappa shape index (κ2) is 21.0. The van der Waals surface area contributed by atoms with Gasteiger partial charge in [-0.2, -0.15) is 6.61 Å². The van der Waals surface area contributed by atoms with Crippen LogP contribution in [0.5, 0.6) is 0 Å². The number of hydrogen-bond acceptors (Lipinski definition) is 3. The smallest absolute Gasteiger partial charge is 0.855 e. The van der Waals surface area contributed by atoms with E-state index in [1.54, 1.807) is 0 Å². The van der Waals surface area contributed by atoms with Gasteiger partial charge in [0, 0.05) is 0 Å². The van der Waals surface area contributed by atoms with Crippen LogP contribution in [-0.4, -0.2) is 61.2 Å². The maximum absolute atomic E-state index is 10.7. The van der Waals surface area contributed by atoms with Crippen molar-refractivity contribution in [1.82, 2.24) is 4.90 Å². The van der Waals surface area contributed by atoms with Crippen molar-refractivity contribution >= 4 is 23.9 Å². The Bertz CT molecular complexity index is 134. The molecular weight excluding hydrogens is 345 g/mol. The van der Waals surface area contributed by atoms with Gasteiger partial charge in [-0.15, -0.1) is 6.10 Å². The van der Waals surface area contributed by atoms with Crippen molar-refractivity contribution < 1.29 is 10.2 Å². The summed E-state index contributed by atoms with van der Waals surface area (Å²) in [5, 5.41) is 20.8. The van der Waals surface area contributed by atoms with Gasteiger partial charge in [0.25, 0.3) is 0 Å². The standard InChI is InChI=1S/C7H13NO2.2C4H10.Sn/c9-6-7(10)5-8-3-1-2-4-8;2*1-3-4-2;/h7H,1-6H2;2*3-4H2,1-2H3;/q-2;;;+2. The van der Waals surface area contributed by atoms with Gasteiger partial charge in [0.05, 0.1) is 0 Å². The average molecular weight is 378 g/mol. The van der Waals surface area contributed by atoms with E-state index in [2.05, 4.69) is 32.6 Å². The first-order valence-electron chi connectivity index (χ1n) is 7.62. The third kappa shape index (κ3) is 21.1. The summed E-state index contributed by atoms with van der Waals surface area (Å²) in [5.41, 5.74) is 0. The van der Waals surface area contributed by atoms with E-state index in [0.29, 0.717) is 6.54 Å². The molecule has 1 unspecified atom stereocenters. The fourth-order valence-corrected chi connectivity index (χ4v) is 1.31. The van der Waals surface area contributed by atoms with Gasteiger partial charge >= 0.3 is 23.9 Å². The van der Waals surface area contributed by atoms with E-state index in [4.69, 9.17) is 0 Å². The van der Waals surface area contributed by atoms with Crippen molar-refractivity contribution in [1.29, 1.82) is 0 Å². The van der Waals surface area contributed by atoms with Gasteiger partial charge in [0.1, 0.15) is 0 Å².